The van der Waals surface area contributed by atoms with Crippen molar-refractivity contribution in [1.29, 1.82) is 0 Å². The summed E-state index contributed by atoms with van der Waals surface area (Å²) in [4.78, 5) is 2.79. The molecule has 2 saturated heterocycles. The summed E-state index contributed by atoms with van der Waals surface area (Å²) in [6.45, 7) is 6.17. The van der Waals surface area contributed by atoms with Gasteiger partial charge in [0.2, 0.25) is 0 Å². The standard InChI is InChI=1S/C11H21N/c1-3-10-7-6-9(2)11-5-4-8-12(10)11/h9-11H,3-8H2,1-2H3/t9-,10-,11+/m1/s1. The molecule has 0 saturated carbocycles. The van der Waals surface area contributed by atoms with Gasteiger partial charge in [0.15, 0.2) is 0 Å². The molecule has 1 nitrogen and oxygen atoms in total. The van der Waals surface area contributed by atoms with Gasteiger partial charge in [-0.3, -0.25) is 4.90 Å². The first kappa shape index (κ1) is 8.55. The number of piperidine rings is 1. The van der Waals surface area contributed by atoms with Gasteiger partial charge in [0.1, 0.15) is 0 Å². The van der Waals surface area contributed by atoms with Crippen molar-refractivity contribution >= 4 is 0 Å². The highest BCUT2D eigenvalue weighted by molar-refractivity contribution is 4.91. The van der Waals surface area contributed by atoms with Gasteiger partial charge in [-0.2, -0.15) is 0 Å². The first-order chi connectivity index (χ1) is 5.83. The molecule has 0 radical (unpaired) electrons. The quantitative estimate of drug-likeness (QED) is 0.580. The van der Waals surface area contributed by atoms with Crippen LogP contribution in [-0.2, 0) is 0 Å². The van der Waals surface area contributed by atoms with Crippen LogP contribution in [0.3, 0.4) is 0 Å². The van der Waals surface area contributed by atoms with E-state index in [1.807, 2.05) is 0 Å². The lowest BCUT2D eigenvalue weighted by atomic mass is 9.86. The summed E-state index contributed by atoms with van der Waals surface area (Å²) < 4.78 is 0. The maximum atomic E-state index is 2.79. The van der Waals surface area contributed by atoms with Gasteiger partial charge in [0.25, 0.3) is 0 Å². The molecule has 0 bridgehead atoms. The second-order valence-corrected chi connectivity index (χ2v) is 4.56. The van der Waals surface area contributed by atoms with Crippen LogP contribution < -0.4 is 0 Å². The Morgan fingerprint density at radius 3 is 2.83 bits per heavy atom. The molecule has 0 amide bonds. The molecule has 2 rings (SSSR count). The van der Waals surface area contributed by atoms with Crippen LogP contribution >= 0.6 is 0 Å². The van der Waals surface area contributed by atoms with Crippen molar-refractivity contribution in [3.05, 3.63) is 0 Å². The van der Waals surface area contributed by atoms with Crippen molar-refractivity contribution in [2.75, 3.05) is 6.54 Å². The molecule has 0 aliphatic carbocycles. The van der Waals surface area contributed by atoms with Crippen LogP contribution in [0.25, 0.3) is 0 Å². The summed E-state index contributed by atoms with van der Waals surface area (Å²) >= 11 is 0. The lowest BCUT2D eigenvalue weighted by molar-refractivity contribution is 0.0795. The molecule has 2 aliphatic rings. The first-order valence-electron chi connectivity index (χ1n) is 5.58. The second kappa shape index (κ2) is 3.37. The van der Waals surface area contributed by atoms with E-state index in [0.717, 1.165) is 18.0 Å². The molecule has 0 N–H and O–H groups in total. The number of hydrogen-bond acceptors (Lipinski definition) is 1. The lowest BCUT2D eigenvalue weighted by Gasteiger charge is -2.41. The van der Waals surface area contributed by atoms with Gasteiger partial charge >= 0.3 is 0 Å². The fourth-order valence-electron chi connectivity index (χ4n) is 3.13. The molecule has 0 aromatic carbocycles. The van der Waals surface area contributed by atoms with Crippen LogP contribution in [0.5, 0.6) is 0 Å². The van der Waals surface area contributed by atoms with Crippen molar-refractivity contribution < 1.29 is 0 Å². The molecule has 2 aliphatic heterocycles. The topological polar surface area (TPSA) is 3.24 Å². The first-order valence-corrected chi connectivity index (χ1v) is 5.58. The Bertz CT molecular complexity index is 155. The molecule has 70 valence electrons. The Morgan fingerprint density at radius 2 is 2.08 bits per heavy atom. The Balaban J connectivity index is 2.06. The molecule has 0 spiro atoms. The minimum absolute atomic E-state index is 0.925. The summed E-state index contributed by atoms with van der Waals surface area (Å²) in [5, 5.41) is 0. The van der Waals surface area contributed by atoms with Crippen molar-refractivity contribution in [2.45, 2.75) is 58.0 Å². The van der Waals surface area contributed by atoms with E-state index in [9.17, 15) is 0 Å². The highest BCUT2D eigenvalue weighted by Gasteiger charge is 2.36. The van der Waals surface area contributed by atoms with Crippen LogP contribution in [0, 0.1) is 5.92 Å². The third kappa shape index (κ3) is 1.28. The van der Waals surface area contributed by atoms with E-state index in [-0.39, 0.29) is 0 Å². The molecule has 0 aromatic rings. The van der Waals surface area contributed by atoms with Crippen LogP contribution in [-0.4, -0.2) is 23.5 Å². The van der Waals surface area contributed by atoms with Crippen LogP contribution in [0.1, 0.15) is 46.0 Å². The molecule has 2 fully saturated rings. The second-order valence-electron chi connectivity index (χ2n) is 4.56. The molecule has 0 unspecified atom stereocenters. The van der Waals surface area contributed by atoms with E-state index in [0.29, 0.717) is 0 Å². The van der Waals surface area contributed by atoms with Gasteiger partial charge < -0.3 is 0 Å². The molecule has 12 heavy (non-hydrogen) atoms. The summed E-state index contributed by atoms with van der Waals surface area (Å²) in [6, 6.07) is 1.87. The van der Waals surface area contributed by atoms with Crippen LogP contribution in [0.4, 0.5) is 0 Å². The average molecular weight is 167 g/mol. The monoisotopic (exact) mass is 167 g/mol. The number of fused-ring (bicyclic) bond motifs is 1. The van der Waals surface area contributed by atoms with E-state index in [4.69, 9.17) is 0 Å². The van der Waals surface area contributed by atoms with Crippen LogP contribution in [0.2, 0.25) is 0 Å². The molecule has 0 aromatic heterocycles. The highest BCUT2D eigenvalue weighted by Crippen LogP contribution is 2.35. The minimum atomic E-state index is 0.925. The normalized spacial score (nSPS) is 43.0. The summed E-state index contributed by atoms with van der Waals surface area (Å²) in [5.41, 5.74) is 0. The number of nitrogens with zero attached hydrogens (tertiary/aromatic N) is 1. The van der Waals surface area contributed by atoms with Crippen LogP contribution in [0.15, 0.2) is 0 Å². The zero-order valence-electron chi connectivity index (χ0n) is 8.42. The van der Waals surface area contributed by atoms with Gasteiger partial charge in [0.05, 0.1) is 0 Å². The number of rotatable bonds is 1. The summed E-state index contributed by atoms with van der Waals surface area (Å²) in [6.07, 6.45) is 7.21. The fraction of sp³-hybridized carbons (Fsp3) is 1.00. The summed E-state index contributed by atoms with van der Waals surface area (Å²) in [7, 11) is 0. The molecule has 3 atom stereocenters. The average Bonchev–Trinajstić information content (AvgIpc) is 2.54. The maximum absolute atomic E-state index is 2.79. The Hall–Kier alpha value is -0.0400. The Labute approximate surface area is 76.1 Å². The Kier molecular flexibility index (Phi) is 2.40. The zero-order chi connectivity index (χ0) is 8.55. The largest absolute Gasteiger partial charge is 0.297 e. The van der Waals surface area contributed by atoms with Gasteiger partial charge in [-0.1, -0.05) is 13.8 Å². The molecular weight excluding hydrogens is 146 g/mol. The summed E-state index contributed by atoms with van der Waals surface area (Å²) in [5.74, 6) is 0.968. The Morgan fingerprint density at radius 1 is 1.25 bits per heavy atom. The smallest absolute Gasteiger partial charge is 0.0124 e. The highest BCUT2D eigenvalue weighted by atomic mass is 15.2. The maximum Gasteiger partial charge on any atom is 0.0124 e. The van der Waals surface area contributed by atoms with Crippen molar-refractivity contribution in [2.24, 2.45) is 5.92 Å². The number of hydrogen-bond donors (Lipinski definition) is 0. The third-order valence-electron chi connectivity index (χ3n) is 3.89. The van der Waals surface area contributed by atoms with Gasteiger partial charge in [-0.05, 0) is 44.6 Å². The molecular formula is C11H21N. The van der Waals surface area contributed by atoms with E-state index < -0.39 is 0 Å². The predicted octanol–water partition coefficient (Wildman–Crippen LogP) is 2.66. The third-order valence-corrected chi connectivity index (χ3v) is 3.89. The predicted molar refractivity (Wildman–Crippen MR) is 52.2 cm³/mol. The fourth-order valence-corrected chi connectivity index (χ4v) is 3.13. The van der Waals surface area contributed by atoms with E-state index in [2.05, 4.69) is 18.7 Å². The molecule has 1 heteroatoms. The van der Waals surface area contributed by atoms with Crippen molar-refractivity contribution in [3.63, 3.8) is 0 Å². The van der Waals surface area contributed by atoms with E-state index in [1.54, 1.807) is 0 Å². The van der Waals surface area contributed by atoms with E-state index in [1.165, 1.54) is 38.6 Å². The van der Waals surface area contributed by atoms with E-state index >= 15 is 0 Å². The van der Waals surface area contributed by atoms with Crippen molar-refractivity contribution in [1.82, 2.24) is 4.90 Å². The minimum Gasteiger partial charge on any atom is -0.297 e. The van der Waals surface area contributed by atoms with Gasteiger partial charge in [0, 0.05) is 12.1 Å². The van der Waals surface area contributed by atoms with Crippen molar-refractivity contribution in [3.8, 4) is 0 Å². The van der Waals surface area contributed by atoms with Gasteiger partial charge in [-0.25, -0.2) is 0 Å². The lowest BCUT2D eigenvalue weighted by Crippen LogP contribution is -2.46. The zero-order valence-corrected chi connectivity index (χ0v) is 8.42. The SMILES string of the molecule is CC[C@@H]1CC[C@@H](C)[C@@H]2CCCN12. The van der Waals surface area contributed by atoms with Gasteiger partial charge in [-0.15, -0.1) is 0 Å². The molecule has 2 heterocycles.